The van der Waals surface area contributed by atoms with E-state index in [1.54, 1.807) is 24.3 Å². The number of fused-ring (bicyclic) bond motifs is 1. The van der Waals surface area contributed by atoms with Gasteiger partial charge in [0.05, 0.1) is 21.9 Å². The van der Waals surface area contributed by atoms with Gasteiger partial charge < -0.3 is 15.5 Å². The molecule has 0 saturated heterocycles. The molecule has 1 heterocycles. The van der Waals surface area contributed by atoms with Gasteiger partial charge in [-0.2, -0.15) is 4.31 Å². The fourth-order valence-corrected chi connectivity index (χ4v) is 10.3. The Bertz CT molecular complexity index is 2100. The summed E-state index contributed by atoms with van der Waals surface area (Å²) in [5, 5.41) is 21.5. The van der Waals surface area contributed by atoms with Crippen LogP contribution in [0.3, 0.4) is 0 Å². The highest BCUT2D eigenvalue weighted by molar-refractivity contribution is 7.89. The third kappa shape index (κ3) is 8.94. The van der Waals surface area contributed by atoms with E-state index in [9.17, 15) is 32.7 Å². The molecule has 1 fully saturated rings. The lowest BCUT2D eigenvalue weighted by Crippen LogP contribution is -2.40. The number of carbonyl (C=O) groups is 4. The molecule has 1 saturated carbocycles. The van der Waals surface area contributed by atoms with E-state index in [-0.39, 0.29) is 40.2 Å². The molecule has 0 spiro atoms. The van der Waals surface area contributed by atoms with Gasteiger partial charge in [-0.3, -0.25) is 14.4 Å². The lowest BCUT2D eigenvalue weighted by atomic mass is 9.86. The number of thiophene rings is 1. The number of amides is 1. The molecule has 278 valence electrons. The number of carbonyl (C=O) groups excluding carboxylic acids is 2. The second kappa shape index (κ2) is 16.6. The van der Waals surface area contributed by atoms with Crippen molar-refractivity contribution in [3.05, 3.63) is 116 Å². The first-order valence-corrected chi connectivity index (χ1v) is 20.4. The quantitative estimate of drug-likeness (QED) is 0.112. The van der Waals surface area contributed by atoms with Crippen molar-refractivity contribution >= 4 is 50.7 Å². The first-order chi connectivity index (χ1) is 25.4. The van der Waals surface area contributed by atoms with Crippen LogP contribution in [0, 0.1) is 5.92 Å². The molecule has 0 atom stereocenters. The number of benzene rings is 3. The predicted octanol–water partition coefficient (Wildman–Crippen LogP) is 7.44. The van der Waals surface area contributed by atoms with Crippen LogP contribution in [0.5, 0.6) is 0 Å². The van der Waals surface area contributed by atoms with Crippen LogP contribution >= 0.6 is 11.3 Å². The van der Waals surface area contributed by atoms with E-state index < -0.39 is 27.9 Å². The standard InChI is InChI=1S/C41H44N2O8S2/c1-43(32-22-18-29(19-23-32)41(48)49)53(50,51)33-9-5-8-30(24-33)35(44)25-37-38(34-10-2-3-11-36(34)52-37)39(45)42-31-20-14-27(15-21-31)7-4-6-26-12-16-28(17-13-26)40(46)47/h5,8-9,12-17,20-21,24,29,32H,2-4,6-7,10-11,18-19,22-23,25H2,1H3,(H,42,45)(H,46,47)(H,48,49). The van der Waals surface area contributed by atoms with Gasteiger partial charge in [-0.15, -0.1) is 11.3 Å². The number of anilines is 1. The molecular formula is C41H44N2O8S2. The van der Waals surface area contributed by atoms with Crippen LogP contribution in [-0.2, 0) is 46.9 Å². The van der Waals surface area contributed by atoms with Crippen molar-refractivity contribution in [3.8, 4) is 0 Å². The number of sulfonamides is 1. The third-order valence-electron chi connectivity index (χ3n) is 10.5. The third-order valence-corrected chi connectivity index (χ3v) is 13.7. The van der Waals surface area contributed by atoms with Gasteiger partial charge in [-0.05, 0) is 124 Å². The smallest absolute Gasteiger partial charge is 0.335 e. The Morgan fingerprint density at radius 2 is 1.47 bits per heavy atom. The van der Waals surface area contributed by atoms with Gasteiger partial charge in [-0.25, -0.2) is 13.2 Å². The first kappa shape index (κ1) is 38.1. The van der Waals surface area contributed by atoms with Crippen molar-refractivity contribution in [2.24, 2.45) is 5.92 Å². The van der Waals surface area contributed by atoms with Gasteiger partial charge in [0.25, 0.3) is 5.91 Å². The van der Waals surface area contributed by atoms with Gasteiger partial charge in [0.2, 0.25) is 10.0 Å². The highest BCUT2D eigenvalue weighted by Gasteiger charge is 2.34. The summed E-state index contributed by atoms with van der Waals surface area (Å²) >= 11 is 1.49. The molecule has 12 heteroatoms. The minimum absolute atomic E-state index is 0.00694. The molecular weight excluding hydrogens is 713 g/mol. The number of carboxylic acid groups (broad SMARTS) is 2. The predicted molar refractivity (Wildman–Crippen MR) is 204 cm³/mol. The van der Waals surface area contributed by atoms with Crippen LogP contribution in [0.15, 0.2) is 77.7 Å². The first-order valence-electron chi connectivity index (χ1n) is 18.1. The Balaban J connectivity index is 1.11. The molecule has 2 aliphatic carbocycles. The molecule has 0 aliphatic heterocycles. The minimum Gasteiger partial charge on any atom is -0.481 e. The highest BCUT2D eigenvalue weighted by atomic mass is 32.2. The van der Waals surface area contributed by atoms with Crippen molar-refractivity contribution in [2.75, 3.05) is 12.4 Å². The maximum Gasteiger partial charge on any atom is 0.335 e. The summed E-state index contributed by atoms with van der Waals surface area (Å²) in [7, 11) is -2.42. The SMILES string of the molecule is CN(C1CCC(C(=O)O)CC1)S(=O)(=O)c1cccc(C(=O)Cc2sc3c(c2C(=O)Nc2ccc(CCCc4ccc(C(=O)O)cc4)cc2)CCCC3)c1. The zero-order valence-corrected chi connectivity index (χ0v) is 31.3. The normalized spacial score (nSPS) is 17.2. The fourth-order valence-electron chi connectivity index (χ4n) is 7.40. The number of rotatable bonds is 14. The number of hydrogen-bond donors (Lipinski definition) is 3. The number of ketones is 1. The van der Waals surface area contributed by atoms with Gasteiger partial charge in [0, 0.05) is 40.5 Å². The van der Waals surface area contributed by atoms with E-state index in [0.717, 1.165) is 66.5 Å². The number of aromatic carboxylic acids is 1. The van der Waals surface area contributed by atoms with Crippen molar-refractivity contribution in [1.82, 2.24) is 4.31 Å². The zero-order chi connectivity index (χ0) is 37.7. The maximum atomic E-state index is 13.9. The fraction of sp³-hybridized carbons (Fsp3) is 0.366. The number of carboxylic acids is 2. The van der Waals surface area contributed by atoms with Crippen LogP contribution in [-0.4, -0.2) is 59.7 Å². The van der Waals surface area contributed by atoms with Crippen LogP contribution in [0.25, 0.3) is 0 Å². The number of nitrogens with one attached hydrogen (secondary N) is 1. The lowest BCUT2D eigenvalue weighted by Gasteiger charge is -2.32. The molecule has 53 heavy (non-hydrogen) atoms. The highest BCUT2D eigenvalue weighted by Crippen LogP contribution is 2.36. The summed E-state index contributed by atoms with van der Waals surface area (Å²) < 4.78 is 28.5. The molecule has 10 nitrogen and oxygen atoms in total. The van der Waals surface area contributed by atoms with Crippen LogP contribution in [0.4, 0.5) is 5.69 Å². The molecule has 2 aliphatic rings. The van der Waals surface area contributed by atoms with E-state index >= 15 is 0 Å². The van der Waals surface area contributed by atoms with Crippen molar-refractivity contribution in [1.29, 1.82) is 0 Å². The van der Waals surface area contributed by atoms with Gasteiger partial charge in [0.1, 0.15) is 0 Å². The Hall–Kier alpha value is -4.65. The van der Waals surface area contributed by atoms with Gasteiger partial charge in [0.15, 0.2) is 5.78 Å². The summed E-state index contributed by atoms with van der Waals surface area (Å²) in [5.41, 5.74) is 4.89. The van der Waals surface area contributed by atoms with Gasteiger partial charge >= 0.3 is 11.9 Å². The van der Waals surface area contributed by atoms with E-state index in [2.05, 4.69) is 5.32 Å². The molecule has 4 aromatic rings. The number of hydrogen-bond acceptors (Lipinski definition) is 7. The minimum atomic E-state index is -3.93. The molecule has 3 N–H and O–H groups in total. The summed E-state index contributed by atoms with van der Waals surface area (Å²) in [6.07, 6.45) is 7.83. The Labute approximate surface area is 313 Å². The lowest BCUT2D eigenvalue weighted by molar-refractivity contribution is -0.143. The van der Waals surface area contributed by atoms with Crippen molar-refractivity contribution in [3.63, 3.8) is 0 Å². The van der Waals surface area contributed by atoms with Crippen molar-refractivity contribution < 1.29 is 37.8 Å². The number of Topliss-reactive ketones (excluding diaryl/α,β-unsaturated/α-hetero) is 1. The average molecular weight is 757 g/mol. The Morgan fingerprint density at radius 3 is 2.11 bits per heavy atom. The maximum absolute atomic E-state index is 13.9. The van der Waals surface area contributed by atoms with Crippen LogP contribution in [0.1, 0.15) is 102 Å². The number of aliphatic carboxylic acids is 1. The largest absolute Gasteiger partial charge is 0.481 e. The van der Waals surface area contributed by atoms with E-state index in [1.807, 2.05) is 36.4 Å². The van der Waals surface area contributed by atoms with Crippen molar-refractivity contribution in [2.45, 2.75) is 88.0 Å². The topological polar surface area (TPSA) is 158 Å². The zero-order valence-electron chi connectivity index (χ0n) is 29.7. The van der Waals surface area contributed by atoms with Crippen LogP contribution < -0.4 is 5.32 Å². The monoisotopic (exact) mass is 756 g/mol. The molecule has 6 rings (SSSR count). The van der Waals surface area contributed by atoms with E-state index in [0.29, 0.717) is 41.8 Å². The summed E-state index contributed by atoms with van der Waals surface area (Å²) in [6, 6.07) is 20.3. The van der Waals surface area contributed by atoms with E-state index in [4.69, 9.17) is 5.11 Å². The molecule has 0 radical (unpaired) electrons. The van der Waals surface area contributed by atoms with Gasteiger partial charge in [-0.1, -0.05) is 36.4 Å². The summed E-state index contributed by atoms with van der Waals surface area (Å²) in [4.78, 5) is 51.9. The number of aryl methyl sites for hydroxylation is 3. The Morgan fingerprint density at radius 1 is 0.830 bits per heavy atom. The summed E-state index contributed by atoms with van der Waals surface area (Å²) in [6.45, 7) is 0. The molecule has 1 amide bonds. The number of nitrogens with zero attached hydrogens (tertiary/aromatic N) is 1. The van der Waals surface area contributed by atoms with E-state index in [1.165, 1.54) is 34.8 Å². The molecule has 3 aromatic carbocycles. The molecule has 1 aromatic heterocycles. The summed E-state index contributed by atoms with van der Waals surface area (Å²) in [5.74, 6) is -2.79. The second-order valence-electron chi connectivity index (χ2n) is 14.0. The Kier molecular flexibility index (Phi) is 11.9. The molecule has 0 bridgehead atoms. The molecule has 0 unspecified atom stereocenters. The second-order valence-corrected chi connectivity index (χ2v) is 17.2. The van der Waals surface area contributed by atoms with Crippen LogP contribution in [0.2, 0.25) is 0 Å². The average Bonchev–Trinajstić information content (AvgIpc) is 3.53.